The molecule has 4 aliphatic rings. The van der Waals surface area contributed by atoms with Gasteiger partial charge in [0.15, 0.2) is 5.69 Å². The number of hydrogen-bond donors (Lipinski definition) is 1. The van der Waals surface area contributed by atoms with E-state index in [0.717, 1.165) is 36.7 Å². The largest absolute Gasteiger partial charge is 0.461 e. The van der Waals surface area contributed by atoms with E-state index < -0.39 is 29.5 Å². The summed E-state index contributed by atoms with van der Waals surface area (Å²) in [7, 11) is 3.35. The molecular weight excluding hydrogens is 711 g/mol. The summed E-state index contributed by atoms with van der Waals surface area (Å²) in [4.78, 5) is 28.4. The molecule has 0 radical (unpaired) electrons. The summed E-state index contributed by atoms with van der Waals surface area (Å²) in [6.07, 6.45) is -3.67. The smallest absolute Gasteiger partial charge is 0.417 e. The molecule has 1 amide bonds. The second-order valence-corrected chi connectivity index (χ2v) is 14.8. The molecule has 288 valence electrons. The number of rotatable bonds is 7. The summed E-state index contributed by atoms with van der Waals surface area (Å²) in [6, 6.07) is 2.54. The van der Waals surface area contributed by atoms with Crippen molar-refractivity contribution in [2.24, 2.45) is 5.92 Å². The Kier molecular flexibility index (Phi) is 10.1. The molecule has 7 rings (SSSR count). The van der Waals surface area contributed by atoms with Crippen LogP contribution in [0, 0.1) is 24.7 Å². The fourth-order valence-corrected chi connectivity index (χ4v) is 8.54. The van der Waals surface area contributed by atoms with Crippen LogP contribution in [0.2, 0.25) is 0 Å². The number of hydrogen-bond acceptors (Lipinski definition) is 9. The lowest BCUT2D eigenvalue weighted by Gasteiger charge is -2.33. The van der Waals surface area contributed by atoms with Crippen LogP contribution in [0.3, 0.4) is 0 Å². The molecule has 0 aliphatic carbocycles. The standard InChI is InChI=1S/C38H43F5N8O3/c1-5-8-24-14-25(44)15-26(32(24)38(41,42)43)30-16-28-27(20-53-30)34(49-10-7-12-51-29(19-49)22(2)33(47-51)35(52)48(3)4)46-36(45-28)54-21-37-9-6-11-50(37)18-23(17-37)13-31(39)40/h13-15,23,30H,6-7,9-12,16-21,44H2,1-4H3/t23-,30-,37+/m0/s1. The van der Waals surface area contributed by atoms with E-state index in [1.54, 1.807) is 14.1 Å². The highest BCUT2D eigenvalue weighted by molar-refractivity contribution is 5.93. The number of halogens is 5. The Balaban J connectivity index is 1.27. The Labute approximate surface area is 310 Å². The minimum atomic E-state index is -4.73. The van der Waals surface area contributed by atoms with Gasteiger partial charge >= 0.3 is 12.2 Å². The van der Waals surface area contributed by atoms with Gasteiger partial charge in [0.2, 0.25) is 0 Å². The van der Waals surface area contributed by atoms with Gasteiger partial charge in [-0.25, -0.2) is 0 Å². The highest BCUT2D eigenvalue weighted by Gasteiger charge is 2.49. The lowest BCUT2D eigenvalue weighted by molar-refractivity contribution is -0.140. The van der Waals surface area contributed by atoms with Crippen LogP contribution in [0.1, 0.15) is 88.4 Å². The monoisotopic (exact) mass is 754 g/mol. The lowest BCUT2D eigenvalue weighted by Crippen LogP contribution is -2.43. The number of nitrogen functional groups attached to an aromatic ring is 1. The molecule has 0 bridgehead atoms. The Morgan fingerprint density at radius 1 is 1.19 bits per heavy atom. The summed E-state index contributed by atoms with van der Waals surface area (Å²) in [6.45, 7) is 6.13. The molecule has 0 unspecified atom stereocenters. The number of alkyl halides is 3. The fourth-order valence-electron chi connectivity index (χ4n) is 8.54. The number of aryl methyl sites for hydroxylation is 1. The Bertz CT molecular complexity index is 2050. The number of carbonyl (C=O) groups is 1. The number of nitrogens with two attached hydrogens (primary N) is 1. The second kappa shape index (κ2) is 14.5. The second-order valence-electron chi connectivity index (χ2n) is 14.8. The van der Waals surface area contributed by atoms with Crippen LogP contribution in [-0.4, -0.2) is 81.3 Å². The molecule has 1 aromatic carbocycles. The van der Waals surface area contributed by atoms with Gasteiger partial charge in [0.25, 0.3) is 12.0 Å². The van der Waals surface area contributed by atoms with Crippen molar-refractivity contribution in [2.45, 2.75) is 83.5 Å². The molecule has 4 aliphatic heterocycles. The van der Waals surface area contributed by atoms with Gasteiger partial charge < -0.3 is 25.0 Å². The highest BCUT2D eigenvalue weighted by atomic mass is 19.4. The lowest BCUT2D eigenvalue weighted by atomic mass is 9.91. The molecule has 3 atom stereocenters. The predicted octanol–water partition coefficient (Wildman–Crippen LogP) is 5.89. The van der Waals surface area contributed by atoms with E-state index in [2.05, 4.69) is 21.8 Å². The van der Waals surface area contributed by atoms with Crippen LogP contribution in [0.4, 0.5) is 33.5 Å². The number of aromatic nitrogens is 4. The van der Waals surface area contributed by atoms with Crippen molar-refractivity contribution in [2.75, 3.05) is 51.0 Å². The molecule has 0 saturated carbocycles. The van der Waals surface area contributed by atoms with Crippen LogP contribution in [0.25, 0.3) is 0 Å². The Morgan fingerprint density at radius 2 is 1.98 bits per heavy atom. The van der Waals surface area contributed by atoms with Crippen molar-refractivity contribution in [1.29, 1.82) is 0 Å². The molecule has 0 spiro atoms. The number of ether oxygens (including phenoxy) is 2. The van der Waals surface area contributed by atoms with Gasteiger partial charge in [0, 0.05) is 62.5 Å². The van der Waals surface area contributed by atoms with Crippen molar-refractivity contribution in [1.82, 2.24) is 29.5 Å². The third-order valence-electron chi connectivity index (χ3n) is 11.0. The van der Waals surface area contributed by atoms with E-state index in [-0.39, 0.29) is 54.3 Å². The topological polar surface area (TPSA) is 115 Å². The molecule has 2 aromatic heterocycles. The van der Waals surface area contributed by atoms with Gasteiger partial charge in [-0.1, -0.05) is 5.92 Å². The number of fused-ring (bicyclic) bond motifs is 3. The zero-order chi connectivity index (χ0) is 38.5. The number of amides is 1. The predicted molar refractivity (Wildman–Crippen MR) is 190 cm³/mol. The van der Waals surface area contributed by atoms with E-state index in [0.29, 0.717) is 61.8 Å². The number of anilines is 2. The quantitative estimate of drug-likeness (QED) is 0.179. The molecule has 16 heteroatoms. The number of benzene rings is 1. The molecule has 2 saturated heterocycles. The first kappa shape index (κ1) is 37.6. The minimum absolute atomic E-state index is 0.0288. The summed E-state index contributed by atoms with van der Waals surface area (Å²) in [5.41, 5.74) is 7.53. The van der Waals surface area contributed by atoms with Gasteiger partial charge in [-0.3, -0.25) is 14.4 Å². The van der Waals surface area contributed by atoms with Crippen molar-refractivity contribution < 1.29 is 36.2 Å². The summed E-state index contributed by atoms with van der Waals surface area (Å²) in [5, 5.41) is 4.64. The van der Waals surface area contributed by atoms with E-state index >= 15 is 0 Å². The third kappa shape index (κ3) is 7.11. The SMILES string of the molecule is CC#Cc1cc(N)cc([C@@H]2Cc3nc(OC[C@]45CCCN4C[C@@H](C=C(F)F)C5)nc(N4CCCn5nc(C(=O)N(C)C)c(C)c5C4)c3CO2)c1C(F)(F)F. The average Bonchev–Trinajstić information content (AvgIpc) is 3.68. The molecule has 3 aromatic rings. The van der Waals surface area contributed by atoms with E-state index in [4.69, 9.17) is 25.2 Å². The van der Waals surface area contributed by atoms with Gasteiger partial charge in [0.05, 0.1) is 41.7 Å². The third-order valence-corrected chi connectivity index (χ3v) is 11.0. The normalized spacial score (nSPS) is 22.4. The van der Waals surface area contributed by atoms with Crippen LogP contribution in [-0.2, 0) is 37.0 Å². The minimum Gasteiger partial charge on any atom is -0.461 e. The van der Waals surface area contributed by atoms with Crippen molar-refractivity contribution in [3.05, 3.63) is 69.2 Å². The van der Waals surface area contributed by atoms with Gasteiger partial charge in [-0.05, 0) is 75.8 Å². The van der Waals surface area contributed by atoms with Crippen LogP contribution >= 0.6 is 0 Å². The van der Waals surface area contributed by atoms with E-state index in [9.17, 15) is 26.7 Å². The summed E-state index contributed by atoms with van der Waals surface area (Å²) in [5.74, 6) is 5.10. The van der Waals surface area contributed by atoms with Gasteiger partial charge in [0.1, 0.15) is 12.4 Å². The van der Waals surface area contributed by atoms with Crippen molar-refractivity contribution in [3.8, 4) is 17.9 Å². The zero-order valence-electron chi connectivity index (χ0n) is 30.7. The number of nitrogens with zero attached hydrogens (tertiary/aromatic N) is 7. The van der Waals surface area contributed by atoms with Crippen molar-refractivity contribution >= 4 is 17.4 Å². The first-order valence-electron chi connectivity index (χ1n) is 18.1. The molecular formula is C38H43F5N8O3. The molecule has 2 N–H and O–H groups in total. The van der Waals surface area contributed by atoms with Crippen LogP contribution in [0.5, 0.6) is 6.01 Å². The van der Waals surface area contributed by atoms with Crippen LogP contribution in [0.15, 0.2) is 24.3 Å². The molecule has 2 fully saturated rings. The summed E-state index contributed by atoms with van der Waals surface area (Å²) < 4.78 is 84.8. The molecule has 54 heavy (non-hydrogen) atoms. The number of carbonyl (C=O) groups excluding carboxylic acids is 1. The molecule has 11 nitrogen and oxygen atoms in total. The summed E-state index contributed by atoms with van der Waals surface area (Å²) >= 11 is 0. The van der Waals surface area contributed by atoms with Gasteiger partial charge in [-0.15, -0.1) is 5.92 Å². The first-order valence-corrected chi connectivity index (χ1v) is 18.1. The maximum Gasteiger partial charge on any atom is 0.417 e. The van der Waals surface area contributed by atoms with Crippen LogP contribution < -0.4 is 15.4 Å². The van der Waals surface area contributed by atoms with Gasteiger partial charge in [-0.2, -0.15) is 37.0 Å². The van der Waals surface area contributed by atoms with E-state index in [1.165, 1.54) is 24.0 Å². The zero-order valence-corrected chi connectivity index (χ0v) is 30.7. The Morgan fingerprint density at radius 3 is 2.70 bits per heavy atom. The maximum absolute atomic E-state index is 14.6. The van der Waals surface area contributed by atoms with E-state index in [1.807, 2.05) is 16.5 Å². The average molecular weight is 755 g/mol. The highest BCUT2D eigenvalue weighted by Crippen LogP contribution is 2.45. The molecule has 6 heterocycles. The fraction of sp³-hybridized carbons (Fsp3) is 0.526. The Hall–Kier alpha value is -4.75. The first-order chi connectivity index (χ1) is 25.7. The van der Waals surface area contributed by atoms with Crippen molar-refractivity contribution in [3.63, 3.8) is 0 Å². The maximum atomic E-state index is 14.6.